The lowest BCUT2D eigenvalue weighted by molar-refractivity contribution is -0.139. The number of hydrogen-bond acceptors (Lipinski definition) is 6. The van der Waals surface area contributed by atoms with Crippen molar-refractivity contribution in [3.63, 3.8) is 0 Å². The summed E-state index contributed by atoms with van der Waals surface area (Å²) in [6, 6.07) is 4.29. The molecule has 4 aromatic heterocycles. The number of aromatic nitrogens is 6. The van der Waals surface area contributed by atoms with Crippen molar-refractivity contribution < 1.29 is 4.79 Å². The van der Waals surface area contributed by atoms with Crippen LogP contribution < -0.4 is 5.32 Å². The largest absolute Gasteiger partial charge is 0.351 e. The number of hydrogen-bond donors (Lipinski definition) is 2. The molecule has 5 heterocycles. The van der Waals surface area contributed by atoms with E-state index in [1.807, 2.05) is 42.0 Å². The summed E-state index contributed by atoms with van der Waals surface area (Å²) in [5, 5.41) is 12.7. The molecule has 1 aliphatic heterocycles. The molecule has 0 radical (unpaired) electrons. The zero-order chi connectivity index (χ0) is 21.4. The molecule has 7 rings (SSSR count). The second-order valence-electron chi connectivity index (χ2n) is 9.47. The summed E-state index contributed by atoms with van der Waals surface area (Å²) in [5.41, 5.74) is 3.63. The molecule has 3 fully saturated rings. The van der Waals surface area contributed by atoms with Crippen LogP contribution in [0.5, 0.6) is 0 Å². The van der Waals surface area contributed by atoms with E-state index in [1.54, 1.807) is 0 Å². The average Bonchev–Trinajstić information content (AvgIpc) is 3.30. The number of aryl methyl sites for hydroxylation is 1. The third-order valence-electron chi connectivity index (χ3n) is 7.65. The van der Waals surface area contributed by atoms with E-state index < -0.39 is 0 Å². The maximum absolute atomic E-state index is 12.8. The predicted octanol–water partition coefficient (Wildman–Crippen LogP) is 2.79. The first kappa shape index (κ1) is 18.1. The Morgan fingerprint density at radius 1 is 1.22 bits per heavy atom. The maximum atomic E-state index is 12.8. The van der Waals surface area contributed by atoms with E-state index in [-0.39, 0.29) is 11.5 Å². The number of carbonyl (C=O) groups excluding carboxylic acids is 1. The van der Waals surface area contributed by atoms with Crippen LogP contribution in [0.25, 0.3) is 27.8 Å². The fourth-order valence-electron chi connectivity index (χ4n) is 5.74. The quantitative estimate of drug-likeness (QED) is 0.518. The van der Waals surface area contributed by atoms with Gasteiger partial charge in [0, 0.05) is 54.2 Å². The van der Waals surface area contributed by atoms with Crippen molar-refractivity contribution >= 4 is 28.5 Å². The SMILES string of the molecule is Cc1nnc2ccc(-c3c[nH]c4nc(N[C@H]5C[C@]6(C(=O)N7CCCC7)CC56)ncc34)cn12. The Hall–Kier alpha value is -3.49. The normalized spacial score (nSPS) is 26.3. The first-order valence-corrected chi connectivity index (χ1v) is 11.3. The Morgan fingerprint density at radius 2 is 2.09 bits per heavy atom. The number of rotatable bonds is 4. The molecule has 1 unspecified atom stereocenters. The monoisotopic (exact) mass is 428 g/mol. The van der Waals surface area contributed by atoms with Crippen molar-refractivity contribution in [1.82, 2.24) is 34.4 Å². The lowest BCUT2D eigenvalue weighted by atomic mass is 9.79. The molecule has 1 amide bonds. The van der Waals surface area contributed by atoms with Gasteiger partial charge in [0.25, 0.3) is 0 Å². The van der Waals surface area contributed by atoms with Crippen LogP contribution in [0.4, 0.5) is 5.95 Å². The number of amides is 1. The third kappa shape index (κ3) is 2.47. The van der Waals surface area contributed by atoms with Crippen LogP contribution in [0.1, 0.15) is 31.5 Å². The van der Waals surface area contributed by atoms with Crippen molar-refractivity contribution in [2.45, 2.75) is 38.6 Å². The maximum Gasteiger partial charge on any atom is 0.229 e. The highest BCUT2D eigenvalue weighted by Crippen LogP contribution is 2.68. The summed E-state index contributed by atoms with van der Waals surface area (Å²) in [4.78, 5) is 27.5. The minimum atomic E-state index is -0.0926. The number of H-pyrrole nitrogens is 1. The smallest absolute Gasteiger partial charge is 0.229 e. The van der Waals surface area contributed by atoms with Gasteiger partial charge in [0.05, 0.1) is 5.41 Å². The number of carbonyl (C=O) groups is 1. The van der Waals surface area contributed by atoms with Crippen LogP contribution in [-0.4, -0.2) is 59.5 Å². The number of likely N-dealkylation sites (tertiary alicyclic amines) is 1. The predicted molar refractivity (Wildman–Crippen MR) is 119 cm³/mol. The zero-order valence-electron chi connectivity index (χ0n) is 17.9. The van der Waals surface area contributed by atoms with Gasteiger partial charge in [-0.1, -0.05) is 0 Å². The lowest BCUT2D eigenvalue weighted by Crippen LogP contribution is -2.47. The van der Waals surface area contributed by atoms with Crippen molar-refractivity contribution in [2.75, 3.05) is 18.4 Å². The van der Waals surface area contributed by atoms with Gasteiger partial charge in [-0.25, -0.2) is 4.98 Å². The van der Waals surface area contributed by atoms with Crippen LogP contribution in [0.15, 0.2) is 30.7 Å². The fourth-order valence-corrected chi connectivity index (χ4v) is 5.74. The summed E-state index contributed by atoms with van der Waals surface area (Å²) in [5.74, 6) is 2.27. The van der Waals surface area contributed by atoms with E-state index in [9.17, 15) is 4.79 Å². The summed E-state index contributed by atoms with van der Waals surface area (Å²) >= 11 is 0. The summed E-state index contributed by atoms with van der Waals surface area (Å²) in [6.07, 6.45) is 10.1. The topological polar surface area (TPSA) is 104 Å². The van der Waals surface area contributed by atoms with Gasteiger partial charge < -0.3 is 15.2 Å². The molecule has 9 heteroatoms. The van der Waals surface area contributed by atoms with Gasteiger partial charge >= 0.3 is 0 Å². The molecule has 4 aromatic rings. The molecular weight excluding hydrogens is 404 g/mol. The van der Waals surface area contributed by atoms with Gasteiger partial charge in [0.15, 0.2) is 5.65 Å². The number of aromatic amines is 1. The van der Waals surface area contributed by atoms with Crippen molar-refractivity contribution in [3.05, 3.63) is 36.5 Å². The number of anilines is 1. The molecular formula is C23H24N8O. The third-order valence-corrected chi connectivity index (χ3v) is 7.65. The summed E-state index contributed by atoms with van der Waals surface area (Å²) in [7, 11) is 0. The van der Waals surface area contributed by atoms with Crippen molar-refractivity contribution in [3.8, 4) is 11.1 Å². The molecule has 3 atom stereocenters. The molecule has 1 saturated heterocycles. The second kappa shape index (κ2) is 6.27. The average molecular weight is 429 g/mol. The minimum absolute atomic E-state index is 0.0926. The Kier molecular flexibility index (Phi) is 3.55. The fraction of sp³-hybridized carbons (Fsp3) is 0.435. The van der Waals surface area contributed by atoms with Gasteiger partial charge in [0.1, 0.15) is 11.5 Å². The number of nitrogens with zero attached hydrogens (tertiary/aromatic N) is 6. The Morgan fingerprint density at radius 3 is 2.94 bits per heavy atom. The molecule has 2 N–H and O–H groups in total. The number of fused-ring (bicyclic) bond motifs is 3. The van der Waals surface area contributed by atoms with E-state index >= 15 is 0 Å². The number of nitrogens with one attached hydrogen (secondary N) is 2. The summed E-state index contributed by atoms with van der Waals surface area (Å²) in [6.45, 7) is 3.81. The summed E-state index contributed by atoms with van der Waals surface area (Å²) < 4.78 is 1.98. The van der Waals surface area contributed by atoms with Crippen molar-refractivity contribution in [2.24, 2.45) is 11.3 Å². The van der Waals surface area contributed by atoms with Gasteiger partial charge in [-0.2, -0.15) is 4.98 Å². The molecule has 2 saturated carbocycles. The molecule has 0 bridgehead atoms. The van der Waals surface area contributed by atoms with E-state index in [2.05, 4.69) is 30.4 Å². The van der Waals surface area contributed by atoms with Gasteiger partial charge in [-0.15, -0.1) is 10.2 Å². The zero-order valence-corrected chi connectivity index (χ0v) is 17.9. The van der Waals surface area contributed by atoms with Crippen LogP contribution >= 0.6 is 0 Å². The Bertz CT molecular complexity index is 1380. The van der Waals surface area contributed by atoms with E-state index in [0.29, 0.717) is 17.8 Å². The van der Waals surface area contributed by atoms with E-state index in [1.165, 1.54) is 0 Å². The molecule has 3 aliphatic rings. The highest BCUT2D eigenvalue weighted by atomic mass is 16.2. The Balaban J connectivity index is 1.10. The number of pyridine rings is 1. The highest BCUT2D eigenvalue weighted by Gasteiger charge is 2.72. The molecule has 32 heavy (non-hydrogen) atoms. The van der Waals surface area contributed by atoms with Crippen LogP contribution in [0, 0.1) is 18.3 Å². The van der Waals surface area contributed by atoms with Crippen molar-refractivity contribution in [1.29, 1.82) is 0 Å². The van der Waals surface area contributed by atoms with Gasteiger partial charge in [-0.3, -0.25) is 9.20 Å². The molecule has 2 aliphatic carbocycles. The van der Waals surface area contributed by atoms with E-state index in [4.69, 9.17) is 4.98 Å². The molecule has 9 nitrogen and oxygen atoms in total. The molecule has 162 valence electrons. The van der Waals surface area contributed by atoms with Gasteiger partial charge in [0.2, 0.25) is 11.9 Å². The molecule has 0 spiro atoms. The second-order valence-corrected chi connectivity index (χ2v) is 9.47. The Labute approximate surface area is 184 Å². The molecule has 0 aromatic carbocycles. The van der Waals surface area contributed by atoms with Crippen LogP contribution in [0.3, 0.4) is 0 Å². The first-order chi connectivity index (χ1) is 15.6. The van der Waals surface area contributed by atoms with Crippen LogP contribution in [0.2, 0.25) is 0 Å². The van der Waals surface area contributed by atoms with E-state index in [0.717, 1.165) is 72.4 Å². The van der Waals surface area contributed by atoms with Gasteiger partial charge in [-0.05, 0) is 50.7 Å². The van der Waals surface area contributed by atoms with Crippen LogP contribution in [-0.2, 0) is 4.79 Å². The lowest BCUT2D eigenvalue weighted by Gasteiger charge is -2.36. The first-order valence-electron chi connectivity index (χ1n) is 11.3. The minimum Gasteiger partial charge on any atom is -0.351 e. The highest BCUT2D eigenvalue weighted by molar-refractivity contribution is 5.93. The standard InChI is InChI=1S/C23H24N8O/c1-13-28-29-19-5-4-14(12-31(13)19)15-10-24-20-16(15)11-25-22(27-20)26-18-9-23(8-17(18)23)21(32)30-6-2-3-7-30/h4-5,10-12,17-18H,2-3,6-9H2,1H3,(H2,24,25,26,27)/t17?,18-,23+/m0/s1.